The Balaban J connectivity index is 2.07. The van der Waals surface area contributed by atoms with Crippen molar-refractivity contribution in [3.05, 3.63) is 17.6 Å². The van der Waals surface area contributed by atoms with E-state index in [0.717, 1.165) is 30.7 Å². The van der Waals surface area contributed by atoms with Crippen molar-refractivity contribution >= 4 is 0 Å². The minimum atomic E-state index is 0.217. The van der Waals surface area contributed by atoms with Crippen molar-refractivity contribution in [2.75, 3.05) is 0 Å². The molecule has 0 saturated heterocycles. The van der Waals surface area contributed by atoms with Crippen molar-refractivity contribution in [3.8, 4) is 5.88 Å². The van der Waals surface area contributed by atoms with E-state index >= 15 is 0 Å². The topological polar surface area (TPSA) is 61.0 Å². The third-order valence-corrected chi connectivity index (χ3v) is 2.74. The molecular formula is C11H17N3O. The second-order valence-electron chi connectivity index (χ2n) is 4.21. The molecule has 1 aliphatic rings. The fourth-order valence-corrected chi connectivity index (χ4v) is 1.87. The Morgan fingerprint density at radius 1 is 1.40 bits per heavy atom. The third-order valence-electron chi connectivity index (χ3n) is 2.74. The van der Waals surface area contributed by atoms with Crippen molar-refractivity contribution in [2.45, 2.75) is 45.3 Å². The van der Waals surface area contributed by atoms with Crippen LogP contribution in [-0.2, 0) is 0 Å². The van der Waals surface area contributed by atoms with Crippen LogP contribution in [-0.4, -0.2) is 22.1 Å². The van der Waals surface area contributed by atoms with E-state index in [-0.39, 0.29) is 12.1 Å². The Bertz CT molecular complexity index is 354. The van der Waals surface area contributed by atoms with Crippen LogP contribution in [0.15, 0.2) is 6.20 Å². The van der Waals surface area contributed by atoms with Crippen LogP contribution in [0.4, 0.5) is 0 Å². The molecule has 0 amide bonds. The Morgan fingerprint density at radius 2 is 2.20 bits per heavy atom. The molecule has 2 N–H and O–H groups in total. The summed E-state index contributed by atoms with van der Waals surface area (Å²) in [6.45, 7) is 3.83. The maximum absolute atomic E-state index is 5.83. The van der Waals surface area contributed by atoms with Crippen molar-refractivity contribution < 1.29 is 4.74 Å². The summed E-state index contributed by atoms with van der Waals surface area (Å²) in [5, 5.41) is 0. The smallest absolute Gasteiger partial charge is 0.235 e. The number of hydrogen-bond acceptors (Lipinski definition) is 4. The van der Waals surface area contributed by atoms with Crippen LogP contribution in [0.3, 0.4) is 0 Å². The highest BCUT2D eigenvalue weighted by molar-refractivity contribution is 5.18. The van der Waals surface area contributed by atoms with E-state index in [9.17, 15) is 0 Å². The van der Waals surface area contributed by atoms with Crippen LogP contribution in [0.25, 0.3) is 0 Å². The number of aromatic nitrogens is 2. The standard InChI is InChI=1S/C11H17N3O/c1-7-6-13-8(2)11(14-7)15-10-4-3-9(12)5-10/h6,9-10H,3-5,12H2,1-2H3. The minimum Gasteiger partial charge on any atom is -0.473 e. The van der Waals surface area contributed by atoms with Gasteiger partial charge in [0.25, 0.3) is 0 Å². The van der Waals surface area contributed by atoms with E-state index in [1.807, 2.05) is 13.8 Å². The lowest BCUT2D eigenvalue weighted by Gasteiger charge is -2.13. The van der Waals surface area contributed by atoms with Crippen molar-refractivity contribution in [2.24, 2.45) is 5.73 Å². The lowest BCUT2D eigenvalue weighted by molar-refractivity contribution is 0.197. The molecule has 82 valence electrons. The summed E-state index contributed by atoms with van der Waals surface area (Å²) in [5.41, 5.74) is 7.57. The molecule has 0 spiro atoms. The molecule has 1 fully saturated rings. The molecule has 1 aromatic heterocycles. The van der Waals surface area contributed by atoms with Gasteiger partial charge in [0.15, 0.2) is 0 Å². The highest BCUT2D eigenvalue weighted by Gasteiger charge is 2.24. The average molecular weight is 207 g/mol. The van der Waals surface area contributed by atoms with Crippen LogP contribution in [0.1, 0.15) is 30.7 Å². The molecule has 1 saturated carbocycles. The molecule has 0 radical (unpaired) electrons. The van der Waals surface area contributed by atoms with Gasteiger partial charge in [0.2, 0.25) is 5.88 Å². The SMILES string of the molecule is Cc1cnc(C)c(OC2CCC(N)C2)n1. The third kappa shape index (κ3) is 2.45. The van der Waals surface area contributed by atoms with E-state index in [2.05, 4.69) is 9.97 Å². The molecule has 0 aromatic carbocycles. The van der Waals surface area contributed by atoms with Gasteiger partial charge < -0.3 is 10.5 Å². The lowest BCUT2D eigenvalue weighted by atomic mass is 10.3. The first-order chi connectivity index (χ1) is 7.15. The van der Waals surface area contributed by atoms with Gasteiger partial charge in [-0.2, -0.15) is 0 Å². The quantitative estimate of drug-likeness (QED) is 0.795. The van der Waals surface area contributed by atoms with Crippen LogP contribution in [0.5, 0.6) is 5.88 Å². The van der Waals surface area contributed by atoms with Gasteiger partial charge >= 0.3 is 0 Å². The Kier molecular flexibility index (Phi) is 2.86. The van der Waals surface area contributed by atoms with E-state index in [1.165, 1.54) is 0 Å². The summed E-state index contributed by atoms with van der Waals surface area (Å²) in [6.07, 6.45) is 4.96. The fourth-order valence-electron chi connectivity index (χ4n) is 1.87. The predicted octanol–water partition coefficient (Wildman–Crippen LogP) is 1.35. The number of hydrogen-bond donors (Lipinski definition) is 1. The van der Waals surface area contributed by atoms with Gasteiger partial charge in [-0.1, -0.05) is 0 Å². The molecule has 1 aliphatic carbocycles. The van der Waals surface area contributed by atoms with Crippen molar-refractivity contribution in [1.29, 1.82) is 0 Å². The van der Waals surface area contributed by atoms with E-state index in [4.69, 9.17) is 10.5 Å². The summed E-state index contributed by atoms with van der Waals surface area (Å²) in [4.78, 5) is 8.56. The monoisotopic (exact) mass is 207 g/mol. The molecule has 4 nitrogen and oxygen atoms in total. The minimum absolute atomic E-state index is 0.217. The maximum Gasteiger partial charge on any atom is 0.235 e. The normalized spacial score (nSPS) is 25.5. The maximum atomic E-state index is 5.83. The summed E-state index contributed by atoms with van der Waals surface area (Å²) < 4.78 is 5.80. The van der Waals surface area contributed by atoms with Gasteiger partial charge in [0.1, 0.15) is 6.10 Å². The van der Waals surface area contributed by atoms with Crippen molar-refractivity contribution in [3.63, 3.8) is 0 Å². The average Bonchev–Trinajstić information content (AvgIpc) is 2.58. The molecule has 2 unspecified atom stereocenters. The van der Waals surface area contributed by atoms with E-state index < -0.39 is 0 Å². The molecule has 15 heavy (non-hydrogen) atoms. The van der Waals surface area contributed by atoms with Crippen molar-refractivity contribution in [1.82, 2.24) is 9.97 Å². The number of nitrogens with zero attached hydrogens (tertiary/aromatic N) is 2. The fraction of sp³-hybridized carbons (Fsp3) is 0.636. The zero-order valence-electron chi connectivity index (χ0n) is 9.23. The Hall–Kier alpha value is -1.16. The molecule has 2 atom stereocenters. The van der Waals surface area contributed by atoms with Crippen LogP contribution < -0.4 is 10.5 Å². The van der Waals surface area contributed by atoms with Crippen LogP contribution in [0, 0.1) is 13.8 Å². The summed E-state index contributed by atoms with van der Waals surface area (Å²) >= 11 is 0. The first-order valence-corrected chi connectivity index (χ1v) is 5.37. The summed E-state index contributed by atoms with van der Waals surface area (Å²) in [5.74, 6) is 0.661. The molecule has 1 heterocycles. The van der Waals surface area contributed by atoms with Gasteiger partial charge in [-0.05, 0) is 33.1 Å². The van der Waals surface area contributed by atoms with Gasteiger partial charge in [-0.3, -0.25) is 4.98 Å². The predicted molar refractivity (Wildman–Crippen MR) is 57.7 cm³/mol. The number of nitrogens with two attached hydrogens (primary N) is 1. The molecular weight excluding hydrogens is 190 g/mol. The second kappa shape index (κ2) is 4.14. The molecule has 0 bridgehead atoms. The van der Waals surface area contributed by atoms with Gasteiger partial charge in [-0.25, -0.2) is 4.98 Å². The molecule has 4 heteroatoms. The van der Waals surface area contributed by atoms with Gasteiger partial charge in [0.05, 0.1) is 11.4 Å². The molecule has 1 aromatic rings. The lowest BCUT2D eigenvalue weighted by Crippen LogP contribution is -2.20. The highest BCUT2D eigenvalue weighted by atomic mass is 16.5. The largest absolute Gasteiger partial charge is 0.473 e. The van der Waals surface area contributed by atoms with E-state index in [1.54, 1.807) is 6.20 Å². The van der Waals surface area contributed by atoms with E-state index in [0.29, 0.717) is 5.88 Å². The van der Waals surface area contributed by atoms with Gasteiger partial charge in [0, 0.05) is 12.2 Å². The Labute approximate surface area is 89.9 Å². The second-order valence-corrected chi connectivity index (χ2v) is 4.21. The zero-order chi connectivity index (χ0) is 10.8. The van der Waals surface area contributed by atoms with Crippen LogP contribution in [0.2, 0.25) is 0 Å². The number of aryl methyl sites for hydroxylation is 2. The molecule has 2 rings (SSSR count). The zero-order valence-corrected chi connectivity index (χ0v) is 9.23. The molecule has 0 aliphatic heterocycles. The summed E-state index contributed by atoms with van der Waals surface area (Å²) in [6, 6.07) is 0.285. The first-order valence-electron chi connectivity index (χ1n) is 5.37. The highest BCUT2D eigenvalue weighted by Crippen LogP contribution is 2.23. The van der Waals surface area contributed by atoms with Gasteiger partial charge in [-0.15, -0.1) is 0 Å². The van der Waals surface area contributed by atoms with Crippen LogP contribution >= 0.6 is 0 Å². The number of ether oxygens (including phenoxy) is 1. The summed E-state index contributed by atoms with van der Waals surface area (Å²) in [7, 11) is 0. The Morgan fingerprint density at radius 3 is 2.87 bits per heavy atom. The number of rotatable bonds is 2. The first kappa shape index (κ1) is 10.4.